The summed E-state index contributed by atoms with van der Waals surface area (Å²) in [6.45, 7) is 2.35. The molecule has 1 saturated heterocycles. The van der Waals surface area contributed by atoms with E-state index in [1.165, 1.54) is 42.2 Å². The summed E-state index contributed by atoms with van der Waals surface area (Å²) in [6.07, 6.45) is 7.02. The zero-order valence-corrected chi connectivity index (χ0v) is 20.1. The molecule has 0 radical (unpaired) electrons. The van der Waals surface area contributed by atoms with Gasteiger partial charge in [-0.1, -0.05) is 91.0 Å². The highest BCUT2D eigenvalue weighted by molar-refractivity contribution is 8.22. The van der Waals surface area contributed by atoms with Crippen LogP contribution in [0.2, 0.25) is 0 Å². The van der Waals surface area contributed by atoms with Crippen LogP contribution in [-0.2, 0) is 0 Å². The fraction of sp³-hybridized carbons (Fsp3) is 0.321. The Morgan fingerprint density at radius 3 is 2.41 bits per heavy atom. The van der Waals surface area contributed by atoms with E-state index in [2.05, 4.69) is 59.7 Å². The standard InChI is InChI=1S/C28H29NOS2/c1-31-28-26(27(30)23-16-10-14-20-13-6-7-15-22(20)23)24(21-11-4-2-5-12-21)19-25(32-28)29-17-8-3-9-18-29/h2,4-7,10-16,24-25H,3,8-9,17-19H2,1H3. The maximum Gasteiger partial charge on any atom is 0.191 e. The van der Waals surface area contributed by atoms with Crippen molar-refractivity contribution >= 4 is 40.1 Å². The first-order chi connectivity index (χ1) is 15.8. The molecule has 2 nitrogen and oxygen atoms in total. The molecule has 4 heteroatoms. The third kappa shape index (κ3) is 4.28. The van der Waals surface area contributed by atoms with Gasteiger partial charge in [0.2, 0.25) is 0 Å². The lowest BCUT2D eigenvalue weighted by molar-refractivity contribution is 0.102. The van der Waals surface area contributed by atoms with E-state index in [1.807, 2.05) is 36.0 Å². The number of allylic oxidation sites excluding steroid dienone is 1. The van der Waals surface area contributed by atoms with Crippen molar-refractivity contribution in [1.82, 2.24) is 4.90 Å². The molecular weight excluding hydrogens is 430 g/mol. The predicted molar refractivity (Wildman–Crippen MR) is 139 cm³/mol. The third-order valence-corrected chi connectivity index (χ3v) is 9.29. The summed E-state index contributed by atoms with van der Waals surface area (Å²) in [5.74, 6) is 0.308. The Labute approximate surface area is 199 Å². The highest BCUT2D eigenvalue weighted by atomic mass is 32.2. The van der Waals surface area contributed by atoms with Crippen molar-refractivity contribution in [3.63, 3.8) is 0 Å². The van der Waals surface area contributed by atoms with E-state index < -0.39 is 0 Å². The van der Waals surface area contributed by atoms with Gasteiger partial charge in [-0.15, -0.1) is 11.8 Å². The highest BCUT2D eigenvalue weighted by Gasteiger charge is 2.37. The van der Waals surface area contributed by atoms with Gasteiger partial charge in [0.05, 0.1) is 5.37 Å². The molecular formula is C28H29NOS2. The second-order valence-electron chi connectivity index (χ2n) is 8.63. The smallest absolute Gasteiger partial charge is 0.191 e. The first-order valence-corrected chi connectivity index (χ1v) is 13.6. The van der Waals surface area contributed by atoms with E-state index in [0.29, 0.717) is 5.37 Å². The van der Waals surface area contributed by atoms with Crippen LogP contribution in [0.1, 0.15) is 47.5 Å². The summed E-state index contributed by atoms with van der Waals surface area (Å²) >= 11 is 3.66. The number of fused-ring (bicyclic) bond motifs is 1. The molecule has 0 spiro atoms. The molecule has 0 N–H and O–H groups in total. The molecule has 2 aliphatic heterocycles. The highest BCUT2D eigenvalue weighted by Crippen LogP contribution is 2.50. The number of benzene rings is 3. The number of piperidine rings is 1. The molecule has 0 amide bonds. The average Bonchev–Trinajstić information content (AvgIpc) is 2.88. The summed E-state index contributed by atoms with van der Waals surface area (Å²) in [5.41, 5.74) is 3.06. The van der Waals surface area contributed by atoms with Crippen molar-refractivity contribution in [3.05, 3.63) is 93.7 Å². The molecule has 0 bridgehead atoms. The lowest BCUT2D eigenvalue weighted by Crippen LogP contribution is -2.40. The molecule has 32 heavy (non-hydrogen) atoms. The van der Waals surface area contributed by atoms with Crippen LogP contribution in [0.4, 0.5) is 0 Å². The van der Waals surface area contributed by atoms with Gasteiger partial charge in [-0.05, 0) is 54.9 Å². The topological polar surface area (TPSA) is 20.3 Å². The van der Waals surface area contributed by atoms with Crippen molar-refractivity contribution in [2.45, 2.75) is 37.0 Å². The quantitative estimate of drug-likeness (QED) is 0.372. The van der Waals surface area contributed by atoms with E-state index in [9.17, 15) is 4.79 Å². The van der Waals surface area contributed by atoms with Crippen LogP contribution < -0.4 is 0 Å². The molecule has 3 aromatic rings. The fourth-order valence-electron chi connectivity index (χ4n) is 5.09. The van der Waals surface area contributed by atoms with Crippen molar-refractivity contribution in [1.29, 1.82) is 0 Å². The molecule has 164 valence electrons. The maximum atomic E-state index is 14.2. The number of nitrogens with zero attached hydrogens (tertiary/aromatic N) is 1. The van der Waals surface area contributed by atoms with Gasteiger partial charge in [0, 0.05) is 21.3 Å². The molecule has 5 rings (SSSR count). The van der Waals surface area contributed by atoms with Crippen molar-refractivity contribution in [2.24, 2.45) is 0 Å². The second kappa shape index (κ2) is 9.86. The van der Waals surface area contributed by atoms with Gasteiger partial charge in [-0.25, -0.2) is 0 Å². The summed E-state index contributed by atoms with van der Waals surface area (Å²) < 4.78 is 1.19. The van der Waals surface area contributed by atoms with E-state index in [-0.39, 0.29) is 11.7 Å². The second-order valence-corrected chi connectivity index (χ2v) is 10.9. The number of hydrogen-bond acceptors (Lipinski definition) is 4. The molecule has 2 heterocycles. The number of carbonyl (C=O) groups excluding carboxylic acids is 1. The number of hydrogen-bond donors (Lipinski definition) is 0. The molecule has 3 aromatic carbocycles. The monoisotopic (exact) mass is 459 g/mol. The zero-order valence-electron chi connectivity index (χ0n) is 18.5. The molecule has 0 saturated carbocycles. The fourth-order valence-corrected chi connectivity index (χ4v) is 7.52. The van der Waals surface area contributed by atoms with E-state index in [0.717, 1.165) is 28.3 Å². The predicted octanol–water partition coefficient (Wildman–Crippen LogP) is 7.33. The number of rotatable bonds is 5. The Morgan fingerprint density at radius 1 is 0.906 bits per heavy atom. The minimum Gasteiger partial charge on any atom is -0.291 e. The SMILES string of the molecule is CSC1=C(C(=O)c2cccc3ccccc23)C(c2ccccc2)CC(N2CCCCC2)S1. The van der Waals surface area contributed by atoms with Crippen molar-refractivity contribution in [2.75, 3.05) is 19.3 Å². The summed E-state index contributed by atoms with van der Waals surface area (Å²) in [6, 6.07) is 25.0. The van der Waals surface area contributed by atoms with E-state index in [1.54, 1.807) is 11.8 Å². The van der Waals surface area contributed by atoms with Crippen LogP contribution in [0.5, 0.6) is 0 Å². The van der Waals surface area contributed by atoms with E-state index in [4.69, 9.17) is 0 Å². The minimum atomic E-state index is 0.123. The van der Waals surface area contributed by atoms with Crippen LogP contribution >= 0.6 is 23.5 Å². The van der Waals surface area contributed by atoms with Crippen LogP contribution in [-0.4, -0.2) is 35.4 Å². The normalized spacial score (nSPS) is 22.3. The van der Waals surface area contributed by atoms with Crippen LogP contribution in [0.15, 0.2) is 82.6 Å². The number of ketones is 1. The molecule has 0 aromatic heterocycles. The summed E-state index contributed by atoms with van der Waals surface area (Å²) in [4.78, 5) is 16.8. The van der Waals surface area contributed by atoms with Gasteiger partial charge >= 0.3 is 0 Å². The van der Waals surface area contributed by atoms with Crippen LogP contribution in [0, 0.1) is 0 Å². The zero-order chi connectivity index (χ0) is 21.9. The van der Waals surface area contributed by atoms with E-state index >= 15 is 0 Å². The lowest BCUT2D eigenvalue weighted by Gasteiger charge is -2.40. The Kier molecular flexibility index (Phi) is 6.72. The van der Waals surface area contributed by atoms with Gasteiger partial charge in [0.15, 0.2) is 5.78 Å². The largest absolute Gasteiger partial charge is 0.291 e. The van der Waals surface area contributed by atoms with Gasteiger partial charge in [0.1, 0.15) is 0 Å². The number of carbonyl (C=O) groups is 1. The summed E-state index contributed by atoms with van der Waals surface area (Å²) in [5, 5.41) is 2.60. The van der Waals surface area contributed by atoms with Crippen molar-refractivity contribution in [3.8, 4) is 0 Å². The van der Waals surface area contributed by atoms with Gasteiger partial charge in [-0.3, -0.25) is 9.69 Å². The van der Waals surface area contributed by atoms with Crippen LogP contribution in [0.25, 0.3) is 10.8 Å². The van der Waals surface area contributed by atoms with Gasteiger partial charge in [0.25, 0.3) is 0 Å². The Bertz CT molecular complexity index is 1130. The molecule has 0 aliphatic carbocycles. The first kappa shape index (κ1) is 21.8. The van der Waals surface area contributed by atoms with Gasteiger partial charge < -0.3 is 0 Å². The maximum absolute atomic E-state index is 14.2. The Balaban J connectivity index is 1.60. The molecule has 2 unspecified atom stereocenters. The Hall–Kier alpha value is -2.01. The Morgan fingerprint density at radius 2 is 1.62 bits per heavy atom. The summed E-state index contributed by atoms with van der Waals surface area (Å²) in [7, 11) is 0. The van der Waals surface area contributed by atoms with Crippen molar-refractivity contribution < 1.29 is 4.79 Å². The first-order valence-electron chi connectivity index (χ1n) is 11.5. The third-order valence-electron chi connectivity index (χ3n) is 6.71. The van der Waals surface area contributed by atoms with Gasteiger partial charge in [-0.2, -0.15) is 0 Å². The molecule has 1 fully saturated rings. The number of thioether (sulfide) groups is 2. The lowest BCUT2D eigenvalue weighted by atomic mass is 9.83. The number of Topliss-reactive ketones (excluding diaryl/α,β-unsaturated/α-hetero) is 1. The molecule has 2 aliphatic rings. The average molecular weight is 460 g/mol. The number of likely N-dealkylation sites (tertiary alicyclic amines) is 1. The molecule has 2 atom stereocenters. The van der Waals surface area contributed by atoms with Crippen LogP contribution in [0.3, 0.4) is 0 Å². The minimum absolute atomic E-state index is 0.123.